The van der Waals surface area contributed by atoms with Crippen LogP contribution in [0.1, 0.15) is 18.1 Å². The summed E-state index contributed by atoms with van der Waals surface area (Å²) in [5, 5.41) is 19.4. The summed E-state index contributed by atoms with van der Waals surface area (Å²) >= 11 is 0. The highest BCUT2D eigenvalue weighted by atomic mass is 16.3. The van der Waals surface area contributed by atoms with E-state index in [1.165, 1.54) is 5.56 Å². The predicted octanol–water partition coefficient (Wildman–Crippen LogP) is 2.72. The molecule has 26 heavy (non-hydrogen) atoms. The lowest BCUT2D eigenvalue weighted by atomic mass is 10.0. The van der Waals surface area contributed by atoms with Crippen LogP contribution in [0.3, 0.4) is 0 Å². The molecule has 0 saturated carbocycles. The van der Waals surface area contributed by atoms with Crippen molar-refractivity contribution in [2.75, 3.05) is 6.61 Å². The van der Waals surface area contributed by atoms with E-state index in [0.717, 1.165) is 16.7 Å². The van der Waals surface area contributed by atoms with Gasteiger partial charge in [-0.1, -0.05) is 47.9 Å². The number of aliphatic imine (C=N–C) groups is 1. The maximum absolute atomic E-state index is 9.75. The van der Waals surface area contributed by atoms with Crippen LogP contribution in [0, 0.1) is 18.8 Å². The fourth-order valence-corrected chi connectivity index (χ4v) is 2.66. The summed E-state index contributed by atoms with van der Waals surface area (Å²) in [6.07, 6.45) is 2.53. The van der Waals surface area contributed by atoms with E-state index in [9.17, 15) is 10.2 Å². The van der Waals surface area contributed by atoms with E-state index in [-0.39, 0.29) is 6.61 Å². The number of hydrogen-bond acceptors (Lipinski definition) is 3. The van der Waals surface area contributed by atoms with Gasteiger partial charge in [0, 0.05) is 5.56 Å². The smallest absolute Gasteiger partial charge is 0.332 e. The first kappa shape index (κ1) is 17.8. The van der Waals surface area contributed by atoms with Crippen LogP contribution in [0.25, 0.3) is 11.1 Å². The lowest BCUT2D eigenvalue weighted by molar-refractivity contribution is -0.329. The molecule has 0 aromatic heterocycles. The highest BCUT2D eigenvalue weighted by molar-refractivity contribution is 6.02. The number of aliphatic hydroxyl groups excluding tert-OH is 2. The molecule has 0 aliphatic carbocycles. The fraction of sp³-hybridized carbons (Fsp3) is 0.182. The van der Waals surface area contributed by atoms with E-state index in [4.69, 9.17) is 0 Å². The van der Waals surface area contributed by atoms with Crippen LogP contribution < -0.4 is 0 Å². The molecule has 0 radical (unpaired) electrons. The Balaban J connectivity index is 1.84. The number of hydrogen-bond donors (Lipinski definition) is 2. The summed E-state index contributed by atoms with van der Waals surface area (Å²) in [6.45, 7) is 3.47. The molecule has 0 saturated heterocycles. The largest absolute Gasteiger partial charge is 0.387 e. The summed E-state index contributed by atoms with van der Waals surface area (Å²) in [6, 6.07) is 16.4. The Bertz CT molecular complexity index is 938. The quantitative estimate of drug-likeness (QED) is 0.664. The highest BCUT2D eigenvalue weighted by Gasteiger charge is 2.25. The van der Waals surface area contributed by atoms with Gasteiger partial charge in [-0.05, 0) is 48.0 Å². The Kier molecular flexibility index (Phi) is 5.43. The molecular formula is C22H21N2O2+. The summed E-state index contributed by atoms with van der Waals surface area (Å²) in [5.41, 5.74) is 4.86. The molecule has 3 rings (SSSR count). The molecule has 1 heterocycles. The van der Waals surface area contributed by atoms with E-state index in [0.29, 0.717) is 11.5 Å². The van der Waals surface area contributed by atoms with Gasteiger partial charge in [-0.15, -0.1) is 0 Å². The molecule has 2 N–H and O–H groups in total. The Morgan fingerprint density at radius 2 is 1.69 bits per heavy atom. The standard InChI is InChI=1S/C22H21N2O2/c1-16-3-8-19(9-4-16)20-10-5-18(6-11-20)7-12-21(15-25)24-14-13-23-22(24)17(2)26/h3-6,8-11,13-14,17,25-26H,15H2,1-2H3/q+1/t17-/m0/s1. The van der Waals surface area contributed by atoms with Gasteiger partial charge < -0.3 is 10.2 Å². The zero-order chi connectivity index (χ0) is 18.5. The van der Waals surface area contributed by atoms with Crippen molar-refractivity contribution >= 4 is 11.5 Å². The van der Waals surface area contributed by atoms with E-state index >= 15 is 0 Å². The van der Waals surface area contributed by atoms with Crippen molar-refractivity contribution in [1.82, 2.24) is 0 Å². The van der Waals surface area contributed by atoms with Gasteiger partial charge in [0.05, 0.1) is 0 Å². The number of amidine groups is 1. The van der Waals surface area contributed by atoms with E-state index in [2.05, 4.69) is 48.0 Å². The number of rotatable bonds is 3. The summed E-state index contributed by atoms with van der Waals surface area (Å²) in [5.74, 6) is 6.50. The normalized spacial score (nSPS) is 15.9. The van der Waals surface area contributed by atoms with Gasteiger partial charge in [-0.25, -0.2) is 0 Å². The third kappa shape index (κ3) is 3.97. The number of aliphatic hydroxyl groups is 2. The highest BCUT2D eigenvalue weighted by Crippen LogP contribution is 2.20. The number of nitrogens with zero attached hydrogens (tertiary/aromatic N) is 2. The molecule has 4 nitrogen and oxygen atoms in total. The molecule has 130 valence electrons. The average molecular weight is 345 g/mol. The first-order valence-corrected chi connectivity index (χ1v) is 8.46. The van der Waals surface area contributed by atoms with Crippen molar-refractivity contribution < 1.29 is 14.8 Å². The Morgan fingerprint density at radius 1 is 1.08 bits per heavy atom. The van der Waals surface area contributed by atoms with Gasteiger partial charge in [-0.3, -0.25) is 0 Å². The topological polar surface area (TPSA) is 55.8 Å². The van der Waals surface area contributed by atoms with Crippen molar-refractivity contribution in [3.8, 4) is 23.0 Å². The molecule has 1 atom stereocenters. The first-order valence-electron chi connectivity index (χ1n) is 8.46. The maximum Gasteiger partial charge on any atom is 0.332 e. The minimum absolute atomic E-state index is 0.232. The van der Waals surface area contributed by atoms with Gasteiger partial charge in [-0.2, -0.15) is 4.58 Å². The zero-order valence-corrected chi connectivity index (χ0v) is 14.8. The minimum Gasteiger partial charge on any atom is -0.387 e. The molecule has 2 aromatic rings. The molecular weight excluding hydrogens is 324 g/mol. The third-order valence-corrected chi connectivity index (χ3v) is 4.10. The van der Waals surface area contributed by atoms with Crippen molar-refractivity contribution in [2.24, 2.45) is 4.99 Å². The fourth-order valence-electron chi connectivity index (χ4n) is 2.66. The van der Waals surface area contributed by atoms with E-state index < -0.39 is 6.10 Å². The first-order chi connectivity index (χ1) is 12.6. The van der Waals surface area contributed by atoms with Crippen molar-refractivity contribution in [2.45, 2.75) is 20.0 Å². The molecule has 0 bridgehead atoms. The second-order valence-electron chi connectivity index (χ2n) is 6.13. The number of benzene rings is 2. The van der Waals surface area contributed by atoms with Gasteiger partial charge in [0.2, 0.25) is 0 Å². The lowest BCUT2D eigenvalue weighted by Gasteiger charge is -2.03. The molecule has 0 amide bonds. The molecule has 1 aliphatic rings. The lowest BCUT2D eigenvalue weighted by Crippen LogP contribution is -2.30. The second-order valence-corrected chi connectivity index (χ2v) is 6.13. The Morgan fingerprint density at radius 3 is 2.27 bits per heavy atom. The van der Waals surface area contributed by atoms with Gasteiger partial charge >= 0.3 is 5.84 Å². The maximum atomic E-state index is 9.75. The summed E-state index contributed by atoms with van der Waals surface area (Å²) in [7, 11) is 0. The zero-order valence-electron chi connectivity index (χ0n) is 14.8. The van der Waals surface area contributed by atoms with Crippen molar-refractivity contribution in [1.29, 1.82) is 0 Å². The van der Waals surface area contributed by atoms with Crippen LogP contribution in [0.5, 0.6) is 0 Å². The minimum atomic E-state index is -0.734. The third-order valence-electron chi connectivity index (χ3n) is 4.10. The molecule has 0 spiro atoms. The summed E-state index contributed by atoms with van der Waals surface area (Å²) < 4.78 is 1.62. The molecule has 2 aromatic carbocycles. The van der Waals surface area contributed by atoms with Crippen LogP contribution >= 0.6 is 0 Å². The van der Waals surface area contributed by atoms with Gasteiger partial charge in [0.25, 0.3) is 0 Å². The second kappa shape index (κ2) is 7.92. The average Bonchev–Trinajstić information content (AvgIpc) is 3.13. The number of aryl methyl sites for hydroxylation is 1. The summed E-state index contributed by atoms with van der Waals surface area (Å²) in [4.78, 5) is 4.10. The molecule has 1 aliphatic heterocycles. The monoisotopic (exact) mass is 345 g/mol. The Labute approximate surface area is 153 Å². The SMILES string of the molecule is Cc1ccc(-c2ccc(C#CC(CO)=[N+]3C=CN=C3[C@H](C)O)cc2)cc1. The van der Waals surface area contributed by atoms with Crippen LogP contribution in [-0.2, 0) is 0 Å². The Hall–Kier alpha value is -3.00. The van der Waals surface area contributed by atoms with E-state index in [1.807, 2.05) is 24.3 Å². The molecule has 4 heteroatoms. The molecule has 0 fully saturated rings. The van der Waals surface area contributed by atoms with Crippen LogP contribution in [0.2, 0.25) is 0 Å². The van der Waals surface area contributed by atoms with Crippen molar-refractivity contribution in [3.05, 3.63) is 72.1 Å². The van der Waals surface area contributed by atoms with Gasteiger partial charge in [0.15, 0.2) is 18.0 Å². The van der Waals surface area contributed by atoms with Gasteiger partial charge in [0.1, 0.15) is 12.8 Å². The molecule has 0 unspecified atom stereocenters. The predicted molar refractivity (Wildman–Crippen MR) is 104 cm³/mol. The van der Waals surface area contributed by atoms with Crippen LogP contribution in [0.15, 0.2) is 65.9 Å². The van der Waals surface area contributed by atoms with Crippen molar-refractivity contribution in [3.63, 3.8) is 0 Å². The van der Waals surface area contributed by atoms with Crippen LogP contribution in [0.4, 0.5) is 0 Å². The van der Waals surface area contributed by atoms with E-state index in [1.54, 1.807) is 23.9 Å². The van der Waals surface area contributed by atoms with Crippen LogP contribution in [-0.4, -0.2) is 39.0 Å².